The van der Waals surface area contributed by atoms with Gasteiger partial charge < -0.3 is 0 Å². The summed E-state index contributed by atoms with van der Waals surface area (Å²) in [4.78, 5) is 1.27. The zero-order valence-electron chi connectivity index (χ0n) is 7.29. The number of aryl methyl sites for hydroxylation is 1. The Bertz CT molecular complexity index is 312. The van der Waals surface area contributed by atoms with E-state index in [9.17, 15) is 0 Å². The van der Waals surface area contributed by atoms with Gasteiger partial charge in [-0.05, 0) is 30.4 Å². The van der Waals surface area contributed by atoms with E-state index in [2.05, 4.69) is 31.4 Å². The Kier molecular flexibility index (Phi) is 3.19. The van der Waals surface area contributed by atoms with Crippen LogP contribution in [-0.2, 0) is 6.42 Å². The van der Waals surface area contributed by atoms with Crippen molar-refractivity contribution in [1.29, 1.82) is 5.26 Å². The van der Waals surface area contributed by atoms with Gasteiger partial charge in [-0.3, -0.25) is 0 Å². The predicted molar refractivity (Wildman–Crippen MR) is 52.3 cm³/mol. The van der Waals surface area contributed by atoms with Crippen molar-refractivity contribution in [2.24, 2.45) is 0 Å². The van der Waals surface area contributed by atoms with Crippen LogP contribution in [0.15, 0.2) is 23.1 Å². The van der Waals surface area contributed by atoms with Gasteiger partial charge in [0.2, 0.25) is 0 Å². The average Bonchev–Trinajstić information content (AvgIpc) is 2.09. The molecule has 0 aliphatic rings. The van der Waals surface area contributed by atoms with Crippen molar-refractivity contribution >= 4 is 11.8 Å². The average molecular weight is 177 g/mol. The van der Waals surface area contributed by atoms with Gasteiger partial charge in [-0.25, -0.2) is 0 Å². The highest BCUT2D eigenvalue weighted by atomic mass is 32.2. The number of rotatable bonds is 2. The van der Waals surface area contributed by atoms with Crippen LogP contribution < -0.4 is 0 Å². The second kappa shape index (κ2) is 4.18. The molecule has 0 unspecified atom stereocenters. The van der Waals surface area contributed by atoms with Crippen molar-refractivity contribution in [3.05, 3.63) is 29.3 Å². The molecule has 0 aliphatic carbocycles. The van der Waals surface area contributed by atoms with Crippen LogP contribution >= 0.6 is 11.8 Å². The minimum absolute atomic E-state index is 0.508. The molecule has 0 aliphatic heterocycles. The Labute approximate surface area is 77.4 Å². The van der Waals surface area contributed by atoms with E-state index in [1.54, 1.807) is 11.8 Å². The molecule has 1 rings (SSSR count). The lowest BCUT2D eigenvalue weighted by Gasteiger charge is -2.03. The molecule has 12 heavy (non-hydrogen) atoms. The van der Waals surface area contributed by atoms with Crippen LogP contribution in [0.5, 0.6) is 0 Å². The Morgan fingerprint density at radius 1 is 1.50 bits per heavy atom. The summed E-state index contributed by atoms with van der Waals surface area (Å²) in [6.45, 7) is 2.09. The van der Waals surface area contributed by atoms with Crippen molar-refractivity contribution < 1.29 is 0 Å². The van der Waals surface area contributed by atoms with Crippen LogP contribution in [0.4, 0.5) is 0 Å². The fourth-order valence-electron chi connectivity index (χ4n) is 1.07. The molecular formula is C10H11NS. The summed E-state index contributed by atoms with van der Waals surface area (Å²) in [6, 6.07) is 8.31. The Morgan fingerprint density at radius 2 is 2.25 bits per heavy atom. The van der Waals surface area contributed by atoms with Gasteiger partial charge in [0.25, 0.3) is 0 Å². The number of hydrogen-bond acceptors (Lipinski definition) is 2. The molecule has 2 heteroatoms. The topological polar surface area (TPSA) is 23.8 Å². The summed E-state index contributed by atoms with van der Waals surface area (Å²) < 4.78 is 0. The van der Waals surface area contributed by atoms with Crippen LogP contribution in [0.1, 0.15) is 11.1 Å². The predicted octanol–water partition coefficient (Wildman–Crippen LogP) is 2.78. The van der Waals surface area contributed by atoms with Gasteiger partial charge in [-0.15, -0.1) is 11.8 Å². The molecule has 0 heterocycles. The molecule has 1 aromatic carbocycles. The highest BCUT2D eigenvalue weighted by molar-refractivity contribution is 7.98. The first-order chi connectivity index (χ1) is 5.77. The van der Waals surface area contributed by atoms with Gasteiger partial charge in [-0.1, -0.05) is 12.1 Å². The largest absolute Gasteiger partial charge is 0.198 e. The Balaban J connectivity index is 2.98. The van der Waals surface area contributed by atoms with Gasteiger partial charge in [0.15, 0.2) is 0 Å². The monoisotopic (exact) mass is 177 g/mol. The fourth-order valence-corrected chi connectivity index (χ4v) is 1.72. The van der Waals surface area contributed by atoms with E-state index in [1.165, 1.54) is 10.5 Å². The van der Waals surface area contributed by atoms with Crippen LogP contribution in [0.3, 0.4) is 0 Å². The molecule has 1 aromatic rings. The molecule has 0 saturated carbocycles. The van der Waals surface area contributed by atoms with Crippen molar-refractivity contribution in [3.63, 3.8) is 0 Å². The first kappa shape index (κ1) is 9.15. The fraction of sp³-hybridized carbons (Fsp3) is 0.300. The second-order valence-corrected chi connectivity index (χ2v) is 3.49. The summed E-state index contributed by atoms with van der Waals surface area (Å²) in [6.07, 6.45) is 2.56. The summed E-state index contributed by atoms with van der Waals surface area (Å²) >= 11 is 1.73. The van der Waals surface area contributed by atoms with Crippen molar-refractivity contribution in [2.75, 3.05) is 6.26 Å². The molecule has 0 atom stereocenters. The maximum atomic E-state index is 8.50. The molecule has 0 saturated heterocycles. The van der Waals surface area contributed by atoms with Crippen molar-refractivity contribution in [1.82, 2.24) is 0 Å². The van der Waals surface area contributed by atoms with E-state index in [1.807, 2.05) is 6.07 Å². The quantitative estimate of drug-likeness (QED) is 0.648. The Hall–Kier alpha value is -0.940. The van der Waals surface area contributed by atoms with Gasteiger partial charge in [0.05, 0.1) is 12.5 Å². The normalized spacial score (nSPS) is 9.42. The molecule has 0 fully saturated rings. The van der Waals surface area contributed by atoms with Gasteiger partial charge in [0, 0.05) is 4.90 Å². The third-order valence-electron chi connectivity index (χ3n) is 1.76. The lowest BCUT2D eigenvalue weighted by molar-refractivity contribution is 1.20. The van der Waals surface area contributed by atoms with Crippen molar-refractivity contribution in [3.8, 4) is 6.07 Å². The van der Waals surface area contributed by atoms with E-state index < -0.39 is 0 Å². The molecule has 62 valence electrons. The number of benzene rings is 1. The summed E-state index contributed by atoms with van der Waals surface area (Å²) in [7, 11) is 0. The third-order valence-corrected chi connectivity index (χ3v) is 2.64. The SMILES string of the molecule is CSc1cc(CC#N)ccc1C. The molecule has 0 amide bonds. The summed E-state index contributed by atoms with van der Waals surface area (Å²) in [5.74, 6) is 0. The number of hydrogen-bond donors (Lipinski definition) is 0. The number of nitrogens with zero attached hydrogens (tertiary/aromatic N) is 1. The summed E-state index contributed by atoms with van der Waals surface area (Å²) in [5.41, 5.74) is 2.39. The van der Waals surface area contributed by atoms with Gasteiger partial charge >= 0.3 is 0 Å². The van der Waals surface area contributed by atoms with E-state index in [0.29, 0.717) is 6.42 Å². The Morgan fingerprint density at radius 3 is 2.83 bits per heavy atom. The lowest BCUT2D eigenvalue weighted by atomic mass is 10.1. The molecular weight excluding hydrogens is 166 g/mol. The molecule has 0 radical (unpaired) electrons. The van der Waals surface area contributed by atoms with Crippen molar-refractivity contribution in [2.45, 2.75) is 18.2 Å². The third kappa shape index (κ3) is 2.02. The summed E-state index contributed by atoms with van der Waals surface area (Å²) in [5, 5.41) is 8.50. The van der Waals surface area contributed by atoms with E-state index in [0.717, 1.165) is 5.56 Å². The first-order valence-electron chi connectivity index (χ1n) is 3.78. The molecule has 0 spiro atoms. The molecule has 1 nitrogen and oxygen atoms in total. The minimum atomic E-state index is 0.508. The standard InChI is InChI=1S/C10H11NS/c1-8-3-4-9(5-6-11)7-10(8)12-2/h3-4,7H,5H2,1-2H3. The second-order valence-electron chi connectivity index (χ2n) is 2.64. The van der Waals surface area contributed by atoms with Crippen LogP contribution in [0, 0.1) is 18.3 Å². The molecule has 0 bridgehead atoms. The van der Waals surface area contributed by atoms with Crippen LogP contribution in [0.25, 0.3) is 0 Å². The maximum Gasteiger partial charge on any atom is 0.0669 e. The van der Waals surface area contributed by atoms with Crippen LogP contribution in [0.2, 0.25) is 0 Å². The maximum absolute atomic E-state index is 8.50. The highest BCUT2D eigenvalue weighted by Gasteiger charge is 1.97. The van der Waals surface area contributed by atoms with Gasteiger partial charge in [0.1, 0.15) is 0 Å². The van der Waals surface area contributed by atoms with Gasteiger partial charge in [-0.2, -0.15) is 5.26 Å². The number of thioether (sulfide) groups is 1. The van der Waals surface area contributed by atoms with E-state index in [4.69, 9.17) is 5.26 Å². The zero-order chi connectivity index (χ0) is 8.97. The molecule has 0 N–H and O–H groups in total. The highest BCUT2D eigenvalue weighted by Crippen LogP contribution is 2.20. The van der Waals surface area contributed by atoms with Crippen LogP contribution in [-0.4, -0.2) is 6.26 Å². The smallest absolute Gasteiger partial charge is 0.0669 e. The minimum Gasteiger partial charge on any atom is -0.198 e. The number of nitriles is 1. The first-order valence-corrected chi connectivity index (χ1v) is 5.01. The molecule has 0 aromatic heterocycles. The van der Waals surface area contributed by atoms with E-state index in [-0.39, 0.29) is 0 Å². The zero-order valence-corrected chi connectivity index (χ0v) is 8.11. The van der Waals surface area contributed by atoms with E-state index >= 15 is 0 Å². The lowest BCUT2D eigenvalue weighted by Crippen LogP contribution is -1.84.